The minimum Gasteiger partial charge on any atom is -0.0870 e. The molecule has 0 amide bonds. The lowest BCUT2D eigenvalue weighted by Gasteiger charge is -1.74. The molecule has 0 rings (SSSR count). The lowest BCUT2D eigenvalue weighted by atomic mass is 10.8. The fourth-order valence-electron chi connectivity index (χ4n) is 0. The highest BCUT2D eigenvalue weighted by atomic mass is 79.9. The van der Waals surface area contributed by atoms with Gasteiger partial charge in [-0.2, -0.15) is 0 Å². The number of halogens is 2. The van der Waals surface area contributed by atoms with E-state index in [1.165, 1.54) is 0 Å². The quantitative estimate of drug-likeness (QED) is 0.567. The van der Waals surface area contributed by atoms with Gasteiger partial charge in [-0.1, -0.05) is 38.4 Å². The van der Waals surface area contributed by atoms with E-state index in [2.05, 4.69) is 31.9 Å². The van der Waals surface area contributed by atoms with Gasteiger partial charge in [0.05, 0.1) is 0 Å². The fourth-order valence-corrected chi connectivity index (χ4v) is 0. The SMILES string of the molecule is [CH]=C(Br)CBr. The third kappa shape index (κ3) is 4.70. The van der Waals surface area contributed by atoms with Crippen LogP contribution >= 0.6 is 31.9 Å². The third-order valence-electron chi connectivity index (χ3n) is 0.128. The summed E-state index contributed by atoms with van der Waals surface area (Å²) in [6.45, 7) is 5.08. The molecule has 0 N–H and O–H groups in total. The van der Waals surface area contributed by atoms with E-state index in [0.717, 1.165) is 9.81 Å². The minimum absolute atomic E-state index is 0.729. The zero-order chi connectivity index (χ0) is 4.28. The van der Waals surface area contributed by atoms with Gasteiger partial charge in [-0.15, -0.1) is 0 Å². The molecular formula is C3H3Br2. The predicted molar refractivity (Wildman–Crippen MR) is 30.5 cm³/mol. The van der Waals surface area contributed by atoms with E-state index >= 15 is 0 Å². The smallest absolute Gasteiger partial charge is 0.0349 e. The highest BCUT2D eigenvalue weighted by Crippen LogP contribution is 2.01. The number of hydrogen-bond acceptors (Lipinski definition) is 0. The third-order valence-corrected chi connectivity index (χ3v) is 1.76. The summed E-state index contributed by atoms with van der Waals surface area (Å²) in [4.78, 5) is 0. The van der Waals surface area contributed by atoms with Crippen molar-refractivity contribution in [3.8, 4) is 0 Å². The fraction of sp³-hybridized carbons (Fsp3) is 0.333. The summed E-state index contributed by atoms with van der Waals surface area (Å²) in [5.74, 6) is 0. The molecule has 0 unspecified atom stereocenters. The van der Waals surface area contributed by atoms with Crippen LogP contribution in [0, 0.1) is 6.58 Å². The van der Waals surface area contributed by atoms with Crippen molar-refractivity contribution in [2.75, 3.05) is 5.33 Å². The highest BCUT2D eigenvalue weighted by Gasteiger charge is 1.73. The molecule has 0 aromatic heterocycles. The van der Waals surface area contributed by atoms with Crippen molar-refractivity contribution in [3.63, 3.8) is 0 Å². The second kappa shape index (κ2) is 2.91. The Morgan fingerprint density at radius 2 is 2.00 bits per heavy atom. The maximum atomic E-state index is 5.08. The Bertz CT molecular complexity index is 40.2. The lowest BCUT2D eigenvalue weighted by Crippen LogP contribution is -1.59. The molecule has 0 aromatic rings. The van der Waals surface area contributed by atoms with E-state index in [-0.39, 0.29) is 0 Å². The van der Waals surface area contributed by atoms with E-state index in [0.29, 0.717) is 0 Å². The largest absolute Gasteiger partial charge is 0.0870 e. The van der Waals surface area contributed by atoms with Gasteiger partial charge in [0.1, 0.15) is 0 Å². The molecule has 5 heavy (non-hydrogen) atoms. The summed E-state index contributed by atoms with van der Waals surface area (Å²) in [6, 6.07) is 0. The van der Waals surface area contributed by atoms with Gasteiger partial charge < -0.3 is 0 Å². The lowest BCUT2D eigenvalue weighted by molar-refractivity contribution is 1.80. The summed E-state index contributed by atoms with van der Waals surface area (Å²) in [7, 11) is 0. The number of hydrogen-bond donors (Lipinski definition) is 0. The molecule has 0 heterocycles. The van der Waals surface area contributed by atoms with Crippen molar-refractivity contribution in [1.29, 1.82) is 0 Å². The van der Waals surface area contributed by atoms with E-state index in [1.54, 1.807) is 0 Å². The van der Waals surface area contributed by atoms with Crippen molar-refractivity contribution >= 4 is 31.9 Å². The van der Waals surface area contributed by atoms with Gasteiger partial charge >= 0.3 is 0 Å². The van der Waals surface area contributed by atoms with E-state index in [1.807, 2.05) is 0 Å². The molecule has 0 aliphatic carbocycles. The van der Waals surface area contributed by atoms with Gasteiger partial charge in [-0.3, -0.25) is 0 Å². The Kier molecular flexibility index (Phi) is 3.32. The Hall–Kier alpha value is 0.700. The van der Waals surface area contributed by atoms with Crippen molar-refractivity contribution in [3.05, 3.63) is 11.1 Å². The molecule has 0 spiro atoms. The van der Waals surface area contributed by atoms with E-state index in [9.17, 15) is 0 Å². The average molecular weight is 199 g/mol. The van der Waals surface area contributed by atoms with Gasteiger partial charge in [0.2, 0.25) is 0 Å². The summed E-state index contributed by atoms with van der Waals surface area (Å²) >= 11 is 6.13. The van der Waals surface area contributed by atoms with Crippen molar-refractivity contribution in [1.82, 2.24) is 0 Å². The van der Waals surface area contributed by atoms with E-state index < -0.39 is 0 Å². The molecule has 0 nitrogen and oxygen atoms in total. The molecule has 2 heteroatoms. The van der Waals surface area contributed by atoms with E-state index in [4.69, 9.17) is 6.58 Å². The molecule has 0 aliphatic heterocycles. The Morgan fingerprint density at radius 1 is 1.80 bits per heavy atom. The minimum atomic E-state index is 0.729. The zero-order valence-electron chi connectivity index (χ0n) is 2.54. The summed E-state index contributed by atoms with van der Waals surface area (Å²) in [5.41, 5.74) is 0. The van der Waals surface area contributed by atoms with Gasteiger partial charge in [0.15, 0.2) is 0 Å². The van der Waals surface area contributed by atoms with Crippen molar-refractivity contribution in [2.24, 2.45) is 0 Å². The van der Waals surface area contributed by atoms with Gasteiger partial charge in [0, 0.05) is 9.81 Å². The van der Waals surface area contributed by atoms with Crippen LogP contribution in [-0.4, -0.2) is 5.33 Å². The van der Waals surface area contributed by atoms with Crippen LogP contribution in [0.25, 0.3) is 0 Å². The first-order valence-electron chi connectivity index (χ1n) is 1.10. The van der Waals surface area contributed by atoms with Crippen LogP contribution in [0.3, 0.4) is 0 Å². The molecule has 0 atom stereocenters. The summed E-state index contributed by atoms with van der Waals surface area (Å²) < 4.78 is 0.734. The predicted octanol–water partition coefficient (Wildman–Crippen LogP) is 2.09. The summed E-state index contributed by atoms with van der Waals surface area (Å²) in [5, 5.41) is 0.729. The van der Waals surface area contributed by atoms with Crippen LogP contribution in [-0.2, 0) is 0 Å². The van der Waals surface area contributed by atoms with Crippen LogP contribution < -0.4 is 0 Å². The Balaban J connectivity index is 2.85. The Morgan fingerprint density at radius 3 is 2.00 bits per heavy atom. The normalized spacial score (nSPS) is 7.60. The number of alkyl halides is 1. The molecule has 1 radical (unpaired) electrons. The van der Waals surface area contributed by atoms with Crippen LogP contribution in [0.5, 0.6) is 0 Å². The molecule has 29 valence electrons. The highest BCUT2D eigenvalue weighted by molar-refractivity contribution is 9.13. The maximum Gasteiger partial charge on any atom is 0.0349 e. The van der Waals surface area contributed by atoms with Crippen LogP contribution in [0.1, 0.15) is 0 Å². The standard InChI is InChI=1S/C3H3Br2/c1-3(5)2-4/h1H,2H2. The first-order chi connectivity index (χ1) is 2.27. The second-order valence-electron chi connectivity index (χ2n) is 0.580. The molecule has 0 fully saturated rings. The maximum absolute atomic E-state index is 5.08. The zero-order valence-corrected chi connectivity index (χ0v) is 5.71. The second-order valence-corrected chi connectivity index (χ2v) is 2.16. The van der Waals surface area contributed by atoms with Crippen LogP contribution in [0.2, 0.25) is 0 Å². The molecule has 0 bridgehead atoms. The van der Waals surface area contributed by atoms with Crippen molar-refractivity contribution in [2.45, 2.75) is 0 Å². The molecule has 0 aromatic carbocycles. The van der Waals surface area contributed by atoms with Crippen LogP contribution in [0.15, 0.2) is 4.48 Å². The summed E-state index contributed by atoms with van der Waals surface area (Å²) in [6.07, 6.45) is 0. The molecule has 0 saturated heterocycles. The first-order valence-corrected chi connectivity index (χ1v) is 3.01. The van der Waals surface area contributed by atoms with Crippen LogP contribution in [0.4, 0.5) is 0 Å². The van der Waals surface area contributed by atoms with Gasteiger partial charge in [0.25, 0.3) is 0 Å². The first kappa shape index (κ1) is 5.70. The topological polar surface area (TPSA) is 0 Å². The van der Waals surface area contributed by atoms with Gasteiger partial charge in [-0.25, -0.2) is 0 Å². The molecule has 0 aliphatic rings. The Labute approximate surface area is 48.5 Å². The molecule has 0 saturated carbocycles. The number of allylic oxidation sites excluding steroid dienone is 1. The van der Waals surface area contributed by atoms with Gasteiger partial charge in [-0.05, 0) is 0 Å². The average Bonchev–Trinajstić information content (AvgIpc) is 1.38. The number of rotatable bonds is 1. The van der Waals surface area contributed by atoms with Crippen molar-refractivity contribution < 1.29 is 0 Å². The monoisotopic (exact) mass is 197 g/mol. The molecular weight excluding hydrogens is 196 g/mol.